The summed E-state index contributed by atoms with van der Waals surface area (Å²) in [6.45, 7) is 5.36. The Kier molecular flexibility index (Phi) is 8.04. The van der Waals surface area contributed by atoms with Crippen LogP contribution in [-0.2, 0) is 6.42 Å². The highest BCUT2D eigenvalue weighted by molar-refractivity contribution is 7.07. The van der Waals surface area contributed by atoms with Crippen molar-refractivity contribution < 1.29 is 19.0 Å². The Morgan fingerprint density at radius 1 is 0.947 bits per heavy atom. The lowest BCUT2D eigenvalue weighted by Crippen LogP contribution is -2.48. The first-order valence-electron chi connectivity index (χ1n) is 12.6. The fourth-order valence-corrected chi connectivity index (χ4v) is 5.01. The molecule has 1 aliphatic heterocycles. The number of para-hydroxylation sites is 2. The van der Waals surface area contributed by atoms with Gasteiger partial charge in [0.1, 0.15) is 17.2 Å². The molecule has 0 saturated carbocycles. The molecular weight excluding hydrogens is 500 g/mol. The van der Waals surface area contributed by atoms with Gasteiger partial charge < -0.3 is 24.0 Å². The number of hydrogen-bond acceptors (Lipinski definition) is 8. The van der Waals surface area contributed by atoms with E-state index < -0.39 is 0 Å². The van der Waals surface area contributed by atoms with Gasteiger partial charge in [0.25, 0.3) is 11.1 Å². The second-order valence-electron chi connectivity index (χ2n) is 8.81. The summed E-state index contributed by atoms with van der Waals surface area (Å²) < 4.78 is 21.5. The van der Waals surface area contributed by atoms with Crippen LogP contribution in [0.5, 0.6) is 22.4 Å². The molecule has 5 rings (SSSR count). The highest BCUT2D eigenvalue weighted by Gasteiger charge is 2.24. The van der Waals surface area contributed by atoms with Gasteiger partial charge in [-0.05, 0) is 55.0 Å². The predicted molar refractivity (Wildman–Crippen MR) is 148 cm³/mol. The van der Waals surface area contributed by atoms with Crippen LogP contribution >= 0.6 is 11.5 Å². The summed E-state index contributed by atoms with van der Waals surface area (Å²) in [7, 11) is 1.65. The van der Waals surface area contributed by atoms with Crippen LogP contribution in [0.4, 0.5) is 5.69 Å². The monoisotopic (exact) mass is 530 g/mol. The number of benzene rings is 3. The van der Waals surface area contributed by atoms with Gasteiger partial charge in [0.2, 0.25) is 0 Å². The van der Waals surface area contributed by atoms with Crippen molar-refractivity contribution in [2.24, 2.45) is 0 Å². The molecule has 0 atom stereocenters. The lowest BCUT2D eigenvalue weighted by Gasteiger charge is -2.36. The normalized spacial score (nSPS) is 13.3. The van der Waals surface area contributed by atoms with Crippen molar-refractivity contribution in [1.29, 1.82) is 0 Å². The Labute approximate surface area is 226 Å². The zero-order valence-electron chi connectivity index (χ0n) is 21.5. The summed E-state index contributed by atoms with van der Waals surface area (Å²) in [6, 6.07) is 23.1. The Morgan fingerprint density at radius 3 is 2.55 bits per heavy atom. The molecule has 1 amide bonds. The highest BCUT2D eigenvalue weighted by Crippen LogP contribution is 2.30. The third kappa shape index (κ3) is 6.06. The number of carbonyl (C=O) groups is 1. The van der Waals surface area contributed by atoms with Crippen molar-refractivity contribution in [3.05, 3.63) is 89.7 Å². The van der Waals surface area contributed by atoms with E-state index in [0.29, 0.717) is 48.4 Å². The SMILES string of the molecule is CCOc1ccccc1N1CCN(C(=O)c2cccc(Oc3nc(Cc4cccc(OC)c4)ns3)c2)CC1. The van der Waals surface area contributed by atoms with E-state index in [4.69, 9.17) is 14.2 Å². The average Bonchev–Trinajstić information content (AvgIpc) is 3.40. The van der Waals surface area contributed by atoms with Crippen molar-refractivity contribution in [3.63, 3.8) is 0 Å². The Bertz CT molecular complexity index is 1380. The fourth-order valence-electron chi connectivity index (χ4n) is 4.44. The molecule has 38 heavy (non-hydrogen) atoms. The molecule has 9 heteroatoms. The van der Waals surface area contributed by atoms with E-state index in [9.17, 15) is 4.79 Å². The summed E-state index contributed by atoms with van der Waals surface area (Å²) in [5.74, 6) is 2.90. The van der Waals surface area contributed by atoms with E-state index in [1.165, 1.54) is 11.5 Å². The standard InChI is InChI=1S/C29H30N4O4S/c1-3-36-26-13-5-4-12-25(26)32-14-16-33(17-15-32)28(34)22-9-7-11-24(20-22)37-29-30-27(31-38-29)19-21-8-6-10-23(18-21)35-2/h4-13,18,20H,3,14-17,19H2,1-2H3. The van der Waals surface area contributed by atoms with E-state index in [2.05, 4.69) is 20.3 Å². The first-order chi connectivity index (χ1) is 18.6. The summed E-state index contributed by atoms with van der Waals surface area (Å²) >= 11 is 1.19. The van der Waals surface area contributed by atoms with Crippen LogP contribution < -0.4 is 19.1 Å². The van der Waals surface area contributed by atoms with Crippen LogP contribution in [0.1, 0.15) is 28.7 Å². The zero-order valence-corrected chi connectivity index (χ0v) is 22.3. The molecule has 3 aromatic carbocycles. The highest BCUT2D eigenvalue weighted by atomic mass is 32.1. The third-order valence-corrected chi connectivity index (χ3v) is 6.94. The van der Waals surface area contributed by atoms with Gasteiger partial charge in [-0.25, -0.2) is 0 Å². The number of rotatable bonds is 9. The van der Waals surface area contributed by atoms with E-state index in [1.807, 2.05) is 72.5 Å². The fraction of sp³-hybridized carbons (Fsp3) is 0.276. The number of nitrogens with zero attached hydrogens (tertiary/aromatic N) is 4. The number of carbonyl (C=O) groups excluding carboxylic acids is 1. The zero-order chi connectivity index (χ0) is 26.3. The van der Waals surface area contributed by atoms with Crippen molar-refractivity contribution in [3.8, 4) is 22.4 Å². The Hall–Kier alpha value is -4.11. The molecule has 0 aliphatic carbocycles. The summed E-state index contributed by atoms with van der Waals surface area (Å²) in [5, 5.41) is 0.439. The quantitative estimate of drug-likeness (QED) is 0.291. The van der Waals surface area contributed by atoms with E-state index in [1.54, 1.807) is 13.2 Å². The molecule has 8 nitrogen and oxygen atoms in total. The van der Waals surface area contributed by atoms with Gasteiger partial charge in [0.05, 0.1) is 19.4 Å². The molecule has 2 heterocycles. The van der Waals surface area contributed by atoms with Crippen LogP contribution in [0.3, 0.4) is 0 Å². The lowest BCUT2D eigenvalue weighted by molar-refractivity contribution is 0.0746. The number of hydrogen-bond donors (Lipinski definition) is 0. The second-order valence-corrected chi connectivity index (χ2v) is 9.53. The maximum Gasteiger partial charge on any atom is 0.298 e. The third-order valence-electron chi connectivity index (χ3n) is 6.30. The number of piperazine rings is 1. The molecule has 4 aromatic rings. The molecule has 196 valence electrons. The number of ether oxygens (including phenoxy) is 3. The van der Waals surface area contributed by atoms with Gasteiger partial charge in [-0.1, -0.05) is 30.3 Å². The lowest BCUT2D eigenvalue weighted by atomic mass is 10.1. The van der Waals surface area contributed by atoms with E-state index in [-0.39, 0.29) is 5.91 Å². The maximum atomic E-state index is 13.3. The number of anilines is 1. The van der Waals surface area contributed by atoms with Crippen LogP contribution in [0, 0.1) is 0 Å². The van der Waals surface area contributed by atoms with Gasteiger partial charge in [-0.3, -0.25) is 4.79 Å². The smallest absolute Gasteiger partial charge is 0.298 e. The van der Waals surface area contributed by atoms with Gasteiger partial charge >= 0.3 is 0 Å². The van der Waals surface area contributed by atoms with Gasteiger partial charge in [-0.15, -0.1) is 0 Å². The van der Waals surface area contributed by atoms with Crippen LogP contribution in [0.15, 0.2) is 72.8 Å². The summed E-state index contributed by atoms with van der Waals surface area (Å²) in [6.07, 6.45) is 0.580. The molecular formula is C29H30N4O4S. The number of aromatic nitrogens is 2. The second kappa shape index (κ2) is 12.0. The summed E-state index contributed by atoms with van der Waals surface area (Å²) in [5.41, 5.74) is 2.72. The summed E-state index contributed by atoms with van der Waals surface area (Å²) in [4.78, 5) is 21.9. The Balaban J connectivity index is 1.19. The van der Waals surface area contributed by atoms with Crippen LogP contribution in [0.2, 0.25) is 0 Å². The largest absolute Gasteiger partial charge is 0.497 e. The van der Waals surface area contributed by atoms with E-state index >= 15 is 0 Å². The van der Waals surface area contributed by atoms with Crippen molar-refractivity contribution in [2.45, 2.75) is 13.3 Å². The minimum atomic E-state index is -0.0100. The molecule has 0 bridgehead atoms. The molecule has 0 radical (unpaired) electrons. The molecule has 1 fully saturated rings. The van der Waals surface area contributed by atoms with Gasteiger partial charge in [0.15, 0.2) is 5.82 Å². The number of methoxy groups -OCH3 is 1. The topological polar surface area (TPSA) is 77.0 Å². The molecule has 0 N–H and O–H groups in total. The van der Waals surface area contributed by atoms with Crippen LogP contribution in [0.25, 0.3) is 0 Å². The minimum Gasteiger partial charge on any atom is -0.497 e. The van der Waals surface area contributed by atoms with Crippen molar-refractivity contribution >= 4 is 23.1 Å². The van der Waals surface area contributed by atoms with E-state index in [0.717, 1.165) is 35.8 Å². The Morgan fingerprint density at radius 2 is 1.74 bits per heavy atom. The van der Waals surface area contributed by atoms with Crippen molar-refractivity contribution in [1.82, 2.24) is 14.3 Å². The molecule has 0 unspecified atom stereocenters. The first-order valence-corrected chi connectivity index (χ1v) is 13.4. The average molecular weight is 531 g/mol. The molecule has 1 aliphatic rings. The van der Waals surface area contributed by atoms with Crippen LogP contribution in [-0.4, -0.2) is 60.1 Å². The molecule has 1 aromatic heterocycles. The first kappa shape index (κ1) is 25.5. The van der Waals surface area contributed by atoms with Crippen molar-refractivity contribution in [2.75, 3.05) is 44.8 Å². The molecule has 0 spiro atoms. The van der Waals surface area contributed by atoms with Gasteiger partial charge in [-0.2, -0.15) is 9.36 Å². The van der Waals surface area contributed by atoms with Gasteiger partial charge in [0, 0.05) is 49.7 Å². The number of amides is 1. The predicted octanol–water partition coefficient (Wildman–Crippen LogP) is 5.29. The molecule has 1 saturated heterocycles. The maximum absolute atomic E-state index is 13.3. The minimum absolute atomic E-state index is 0.0100.